The first-order valence-electron chi connectivity index (χ1n) is 9.18. The summed E-state index contributed by atoms with van der Waals surface area (Å²) in [7, 11) is 0. The zero-order valence-corrected chi connectivity index (χ0v) is 16.2. The molecule has 0 atom stereocenters. The molecule has 1 aromatic carbocycles. The first kappa shape index (κ1) is 18.3. The van der Waals surface area contributed by atoms with Crippen molar-refractivity contribution >= 4 is 22.9 Å². The minimum atomic E-state index is -0.135. The fourth-order valence-corrected chi connectivity index (χ4v) is 3.66. The molecule has 28 heavy (non-hydrogen) atoms. The van der Waals surface area contributed by atoms with Crippen molar-refractivity contribution in [1.82, 2.24) is 25.0 Å². The van der Waals surface area contributed by atoms with Gasteiger partial charge >= 0.3 is 0 Å². The second kappa shape index (κ2) is 8.77. The number of thiazole rings is 1. The molecule has 3 heterocycles. The molecule has 1 amide bonds. The topological polar surface area (TPSA) is 71.3 Å². The summed E-state index contributed by atoms with van der Waals surface area (Å²) in [5.74, 6) is -0.135. The normalized spacial score (nSPS) is 11.0. The fourth-order valence-electron chi connectivity index (χ4n) is 2.88. The van der Waals surface area contributed by atoms with E-state index in [1.165, 1.54) is 11.3 Å². The molecule has 0 aliphatic rings. The van der Waals surface area contributed by atoms with Crippen LogP contribution < -0.4 is 10.6 Å². The molecule has 0 fully saturated rings. The van der Waals surface area contributed by atoms with Crippen molar-refractivity contribution in [2.75, 3.05) is 6.54 Å². The smallest absolute Gasteiger partial charge is 0.271 e. The van der Waals surface area contributed by atoms with E-state index in [0.29, 0.717) is 18.8 Å². The lowest BCUT2D eigenvalue weighted by Gasteiger charge is -2.03. The first-order chi connectivity index (χ1) is 13.8. The highest BCUT2D eigenvalue weighted by molar-refractivity contribution is 7.09. The van der Waals surface area contributed by atoms with Gasteiger partial charge in [0.25, 0.3) is 5.91 Å². The summed E-state index contributed by atoms with van der Waals surface area (Å²) in [4.78, 5) is 21.3. The minimum absolute atomic E-state index is 0.135. The highest BCUT2D eigenvalue weighted by Crippen LogP contribution is 2.11. The number of hydrogen-bond donors (Lipinski definition) is 2. The molecule has 6 nitrogen and oxygen atoms in total. The maximum atomic E-state index is 12.2. The van der Waals surface area contributed by atoms with E-state index in [1.54, 1.807) is 0 Å². The van der Waals surface area contributed by atoms with Crippen LogP contribution >= 0.6 is 11.3 Å². The second-order valence-corrected chi connectivity index (χ2v) is 7.36. The van der Waals surface area contributed by atoms with Crippen LogP contribution in [-0.4, -0.2) is 26.8 Å². The highest BCUT2D eigenvalue weighted by atomic mass is 32.1. The van der Waals surface area contributed by atoms with Crippen LogP contribution in [0.1, 0.15) is 26.8 Å². The van der Waals surface area contributed by atoms with E-state index in [2.05, 4.69) is 20.6 Å². The van der Waals surface area contributed by atoms with Crippen LogP contribution in [0.5, 0.6) is 0 Å². The third-order valence-electron chi connectivity index (χ3n) is 4.32. The van der Waals surface area contributed by atoms with E-state index in [9.17, 15) is 4.79 Å². The van der Waals surface area contributed by atoms with Gasteiger partial charge in [-0.15, -0.1) is 11.3 Å². The summed E-state index contributed by atoms with van der Waals surface area (Å²) < 4.78 is 2.01. The number of benzene rings is 1. The Morgan fingerprint density at radius 3 is 2.75 bits per heavy atom. The van der Waals surface area contributed by atoms with Gasteiger partial charge in [0, 0.05) is 43.8 Å². The van der Waals surface area contributed by atoms with Crippen molar-refractivity contribution in [3.05, 3.63) is 88.3 Å². The van der Waals surface area contributed by atoms with Gasteiger partial charge in [0.05, 0.1) is 10.7 Å². The lowest BCUT2D eigenvalue weighted by Crippen LogP contribution is -2.23. The van der Waals surface area contributed by atoms with E-state index < -0.39 is 0 Å². The maximum Gasteiger partial charge on any atom is 0.271 e. The van der Waals surface area contributed by atoms with Gasteiger partial charge in [-0.25, -0.2) is 9.97 Å². The minimum Gasteiger partial charge on any atom is -0.347 e. The quantitative estimate of drug-likeness (QED) is 0.453. The number of hydrogen-bond acceptors (Lipinski definition) is 5. The Morgan fingerprint density at radius 2 is 1.89 bits per heavy atom. The number of pyridine rings is 1. The van der Waals surface area contributed by atoms with Crippen molar-refractivity contribution < 1.29 is 4.79 Å². The average Bonchev–Trinajstić information content (AvgIpc) is 3.37. The number of aromatic nitrogens is 3. The third-order valence-corrected chi connectivity index (χ3v) is 5.22. The number of rotatable bonds is 8. The molecular weight excluding hydrogens is 370 g/mol. The molecule has 7 heteroatoms. The van der Waals surface area contributed by atoms with E-state index in [4.69, 9.17) is 0 Å². The van der Waals surface area contributed by atoms with Gasteiger partial charge in [0.1, 0.15) is 11.3 Å². The molecule has 0 unspecified atom stereocenters. The summed E-state index contributed by atoms with van der Waals surface area (Å²) >= 11 is 1.52. The van der Waals surface area contributed by atoms with E-state index in [0.717, 1.165) is 34.9 Å². The van der Waals surface area contributed by atoms with Crippen LogP contribution in [0.25, 0.3) is 5.65 Å². The Hall–Kier alpha value is -3.03. The molecule has 0 aliphatic carbocycles. The van der Waals surface area contributed by atoms with Gasteiger partial charge in [-0.1, -0.05) is 36.4 Å². The first-order valence-corrected chi connectivity index (χ1v) is 10.1. The zero-order chi connectivity index (χ0) is 19.2. The average molecular weight is 392 g/mol. The molecule has 2 N–H and O–H groups in total. The summed E-state index contributed by atoms with van der Waals surface area (Å²) in [6.07, 6.45) is 4.80. The van der Waals surface area contributed by atoms with Gasteiger partial charge in [-0.05, 0) is 17.7 Å². The lowest BCUT2D eigenvalue weighted by atomic mass is 10.2. The van der Waals surface area contributed by atoms with Crippen molar-refractivity contribution in [1.29, 1.82) is 0 Å². The maximum absolute atomic E-state index is 12.2. The number of fused-ring (bicyclic) bond motifs is 1. The number of amides is 1. The van der Waals surface area contributed by atoms with Gasteiger partial charge in [0.15, 0.2) is 0 Å². The fraction of sp³-hybridized carbons (Fsp3) is 0.190. The number of carbonyl (C=O) groups excluding carboxylic acids is 1. The summed E-state index contributed by atoms with van der Waals surface area (Å²) in [6, 6.07) is 15.8. The molecule has 0 bridgehead atoms. The Balaban J connectivity index is 1.22. The molecule has 142 valence electrons. The van der Waals surface area contributed by atoms with Gasteiger partial charge in [0.2, 0.25) is 0 Å². The number of nitrogens with one attached hydrogen (secondary N) is 2. The largest absolute Gasteiger partial charge is 0.347 e. The van der Waals surface area contributed by atoms with E-state index in [-0.39, 0.29) is 5.91 Å². The number of imidazole rings is 1. The molecule has 0 radical (unpaired) electrons. The molecule has 0 aliphatic heterocycles. The standard InChI is InChI=1S/C21H21N5OS/c27-21(23-12-16-6-2-1-3-7-16)18-15-28-20(25-18)9-10-22-13-17-14-26-11-5-4-8-19(26)24-17/h1-8,11,14-15,22H,9-10,12-13H2,(H,23,27). The van der Waals surface area contributed by atoms with Crippen LogP contribution in [0.3, 0.4) is 0 Å². The Labute approximate surface area is 167 Å². The van der Waals surface area contributed by atoms with Crippen LogP contribution in [0.15, 0.2) is 66.3 Å². The SMILES string of the molecule is O=C(NCc1ccccc1)c1csc(CCNCc2cn3ccccc3n2)n1. The van der Waals surface area contributed by atoms with Crippen molar-refractivity contribution in [3.8, 4) is 0 Å². The summed E-state index contributed by atoms with van der Waals surface area (Å²) in [5, 5.41) is 9.06. The van der Waals surface area contributed by atoms with E-state index in [1.807, 2.05) is 70.7 Å². The number of carbonyl (C=O) groups is 1. The lowest BCUT2D eigenvalue weighted by molar-refractivity contribution is 0.0946. The summed E-state index contributed by atoms with van der Waals surface area (Å²) in [6.45, 7) is 2.00. The van der Waals surface area contributed by atoms with Crippen molar-refractivity contribution in [2.24, 2.45) is 0 Å². The molecule has 0 saturated carbocycles. The van der Waals surface area contributed by atoms with E-state index >= 15 is 0 Å². The molecular formula is C21H21N5OS. The van der Waals surface area contributed by atoms with Crippen LogP contribution in [0.2, 0.25) is 0 Å². The zero-order valence-electron chi connectivity index (χ0n) is 15.3. The molecule has 0 saturated heterocycles. The Bertz CT molecular complexity index is 1020. The predicted molar refractivity (Wildman–Crippen MR) is 110 cm³/mol. The molecule has 4 aromatic rings. The van der Waals surface area contributed by atoms with Crippen LogP contribution in [-0.2, 0) is 19.5 Å². The highest BCUT2D eigenvalue weighted by Gasteiger charge is 2.10. The van der Waals surface area contributed by atoms with Crippen molar-refractivity contribution in [3.63, 3.8) is 0 Å². The Morgan fingerprint density at radius 1 is 1.04 bits per heavy atom. The third kappa shape index (κ3) is 4.62. The van der Waals surface area contributed by atoms with Crippen molar-refractivity contribution in [2.45, 2.75) is 19.5 Å². The van der Waals surface area contributed by atoms with Crippen LogP contribution in [0.4, 0.5) is 0 Å². The van der Waals surface area contributed by atoms with Crippen LogP contribution in [0, 0.1) is 0 Å². The van der Waals surface area contributed by atoms with Gasteiger partial charge in [-0.2, -0.15) is 0 Å². The second-order valence-electron chi connectivity index (χ2n) is 6.42. The van der Waals surface area contributed by atoms with Gasteiger partial charge < -0.3 is 15.0 Å². The Kier molecular flexibility index (Phi) is 5.75. The summed E-state index contributed by atoms with van der Waals surface area (Å²) in [5.41, 5.74) is 3.51. The molecule has 0 spiro atoms. The monoisotopic (exact) mass is 391 g/mol. The molecule has 4 rings (SSSR count). The number of nitrogens with zero attached hydrogens (tertiary/aromatic N) is 3. The van der Waals surface area contributed by atoms with Gasteiger partial charge in [-0.3, -0.25) is 4.79 Å². The predicted octanol–water partition coefficient (Wildman–Crippen LogP) is 3.05. The molecule has 3 aromatic heterocycles.